The Balaban J connectivity index is 2.29. The maximum absolute atomic E-state index is 11.6. The van der Waals surface area contributed by atoms with Crippen LogP contribution in [0.1, 0.15) is 73.6 Å². The van der Waals surface area contributed by atoms with Gasteiger partial charge in [0.15, 0.2) is 0 Å². The van der Waals surface area contributed by atoms with E-state index in [0.717, 1.165) is 25.7 Å². The Morgan fingerprint density at radius 2 is 2.00 bits per heavy atom. The van der Waals surface area contributed by atoms with Crippen LogP contribution in [-0.2, 0) is 19.0 Å². The first kappa shape index (κ1) is 22.2. The van der Waals surface area contributed by atoms with Crippen molar-refractivity contribution >= 4 is 5.97 Å². The molecular formula is C23H38O4. The number of esters is 1. The second-order valence-electron chi connectivity index (χ2n) is 9.15. The van der Waals surface area contributed by atoms with E-state index in [0.29, 0.717) is 24.4 Å². The molecule has 4 heteroatoms. The van der Waals surface area contributed by atoms with Gasteiger partial charge in [-0.25, -0.2) is 0 Å². The highest BCUT2D eigenvalue weighted by atomic mass is 16.6. The van der Waals surface area contributed by atoms with E-state index in [9.17, 15) is 4.79 Å². The summed E-state index contributed by atoms with van der Waals surface area (Å²) in [6.45, 7) is 12.4. The molecule has 5 atom stereocenters. The number of hydrogen-bond acceptors (Lipinski definition) is 4. The van der Waals surface area contributed by atoms with Gasteiger partial charge in [0.1, 0.15) is 6.10 Å². The highest BCUT2D eigenvalue weighted by Gasteiger charge is 2.51. The summed E-state index contributed by atoms with van der Waals surface area (Å²) in [5.41, 5.74) is 0.778. The molecule has 2 rings (SSSR count). The summed E-state index contributed by atoms with van der Waals surface area (Å²) in [6.07, 6.45) is 11.4. The molecule has 1 saturated heterocycles. The molecule has 0 radical (unpaired) electrons. The van der Waals surface area contributed by atoms with Crippen LogP contribution in [0.2, 0.25) is 0 Å². The van der Waals surface area contributed by atoms with Crippen LogP contribution < -0.4 is 0 Å². The van der Waals surface area contributed by atoms with E-state index in [1.165, 1.54) is 12.5 Å². The van der Waals surface area contributed by atoms with Crippen LogP contribution in [0.15, 0.2) is 23.8 Å². The third-order valence-corrected chi connectivity index (χ3v) is 6.22. The zero-order valence-corrected chi connectivity index (χ0v) is 18.2. The molecule has 2 aliphatic rings. The summed E-state index contributed by atoms with van der Waals surface area (Å²) in [7, 11) is 1.73. The van der Waals surface area contributed by atoms with Gasteiger partial charge >= 0.3 is 5.97 Å². The molecule has 0 saturated carbocycles. The highest BCUT2D eigenvalue weighted by Crippen LogP contribution is 2.45. The maximum atomic E-state index is 11.6. The van der Waals surface area contributed by atoms with Crippen LogP contribution in [0.4, 0.5) is 0 Å². The largest absolute Gasteiger partial charge is 0.458 e. The first-order valence-electron chi connectivity index (χ1n) is 10.3. The number of ether oxygens (including phenoxy) is 3. The van der Waals surface area contributed by atoms with Gasteiger partial charge < -0.3 is 14.2 Å². The molecule has 0 aromatic carbocycles. The molecule has 154 valence electrons. The van der Waals surface area contributed by atoms with Gasteiger partial charge in [0.25, 0.3) is 0 Å². The van der Waals surface area contributed by atoms with E-state index in [1.807, 2.05) is 0 Å². The van der Waals surface area contributed by atoms with Gasteiger partial charge in [-0.1, -0.05) is 31.6 Å². The minimum atomic E-state index is -0.476. The van der Waals surface area contributed by atoms with Crippen molar-refractivity contribution in [2.24, 2.45) is 11.8 Å². The number of methoxy groups -OCH3 is 1. The SMILES string of the molecule is CO[C@@]1(C)C=C[C@H](C(C)C)CC[C@]2(C)O[C@H]2CCC(C)=C[C@@H](OC(C)=O)C1. The molecule has 1 aliphatic heterocycles. The summed E-state index contributed by atoms with van der Waals surface area (Å²) < 4.78 is 17.5. The summed E-state index contributed by atoms with van der Waals surface area (Å²) in [4.78, 5) is 11.6. The summed E-state index contributed by atoms with van der Waals surface area (Å²) in [5.74, 6) is 0.779. The van der Waals surface area contributed by atoms with Crippen molar-refractivity contribution in [2.45, 2.75) is 97.1 Å². The zero-order valence-electron chi connectivity index (χ0n) is 18.2. The van der Waals surface area contributed by atoms with Crippen molar-refractivity contribution < 1.29 is 19.0 Å². The van der Waals surface area contributed by atoms with Gasteiger partial charge in [-0.2, -0.15) is 0 Å². The van der Waals surface area contributed by atoms with Gasteiger partial charge in [0, 0.05) is 20.5 Å². The normalized spacial score (nSPS) is 37.9. The van der Waals surface area contributed by atoms with Crippen molar-refractivity contribution in [3.63, 3.8) is 0 Å². The van der Waals surface area contributed by atoms with E-state index in [-0.39, 0.29) is 17.7 Å². The van der Waals surface area contributed by atoms with Gasteiger partial charge in [0.2, 0.25) is 0 Å². The van der Waals surface area contributed by atoms with Gasteiger partial charge in [0.05, 0.1) is 17.3 Å². The number of allylic oxidation sites excluding steroid dienone is 2. The van der Waals surface area contributed by atoms with Crippen molar-refractivity contribution in [3.8, 4) is 0 Å². The molecule has 0 amide bonds. The summed E-state index contributed by atoms with van der Waals surface area (Å²) in [6, 6.07) is 0. The lowest BCUT2D eigenvalue weighted by Crippen LogP contribution is -2.32. The minimum absolute atomic E-state index is 0.0191. The first-order valence-corrected chi connectivity index (χ1v) is 10.3. The van der Waals surface area contributed by atoms with E-state index < -0.39 is 5.60 Å². The second kappa shape index (κ2) is 8.91. The zero-order chi connectivity index (χ0) is 20.2. The number of carbonyl (C=O) groups is 1. The number of epoxide rings is 1. The standard InChI is InChI=1S/C23H38O4/c1-16(2)19-10-12-22(5,25-7)15-20(26-18(4)24)14-17(3)8-9-21-23(6,27-21)13-11-19/h10,12,14,16,19-21H,8-9,11,13,15H2,1-7H3/t19-,20+,21-,22-,23-/m0/s1. The Morgan fingerprint density at radius 1 is 1.30 bits per heavy atom. The first-order chi connectivity index (χ1) is 12.6. The van der Waals surface area contributed by atoms with Crippen LogP contribution in [0.5, 0.6) is 0 Å². The number of carbonyl (C=O) groups excluding carboxylic acids is 1. The Morgan fingerprint density at radius 3 is 2.59 bits per heavy atom. The quantitative estimate of drug-likeness (QED) is 0.384. The van der Waals surface area contributed by atoms with Gasteiger partial charge in [-0.3, -0.25) is 4.79 Å². The van der Waals surface area contributed by atoms with Gasteiger partial charge in [-0.05, 0) is 64.4 Å². The third kappa shape index (κ3) is 6.46. The maximum Gasteiger partial charge on any atom is 0.303 e. The fourth-order valence-electron chi connectivity index (χ4n) is 4.03. The minimum Gasteiger partial charge on any atom is -0.458 e. The Kier molecular flexibility index (Phi) is 7.32. The molecule has 0 bridgehead atoms. The third-order valence-electron chi connectivity index (χ3n) is 6.22. The molecule has 4 nitrogen and oxygen atoms in total. The van der Waals surface area contributed by atoms with Crippen molar-refractivity contribution in [2.75, 3.05) is 7.11 Å². The molecular weight excluding hydrogens is 340 g/mol. The second-order valence-corrected chi connectivity index (χ2v) is 9.15. The van der Waals surface area contributed by atoms with E-state index in [2.05, 4.69) is 52.8 Å². The molecule has 27 heavy (non-hydrogen) atoms. The fourth-order valence-corrected chi connectivity index (χ4v) is 4.03. The Labute approximate surface area is 165 Å². The summed E-state index contributed by atoms with van der Waals surface area (Å²) >= 11 is 0. The lowest BCUT2D eigenvalue weighted by Gasteiger charge is -2.29. The molecule has 0 aromatic rings. The van der Waals surface area contributed by atoms with Crippen molar-refractivity contribution in [1.82, 2.24) is 0 Å². The van der Waals surface area contributed by atoms with Crippen LogP contribution >= 0.6 is 0 Å². The molecule has 1 fully saturated rings. The van der Waals surface area contributed by atoms with E-state index in [4.69, 9.17) is 14.2 Å². The average molecular weight is 379 g/mol. The van der Waals surface area contributed by atoms with Crippen molar-refractivity contribution in [3.05, 3.63) is 23.8 Å². The molecule has 0 spiro atoms. The van der Waals surface area contributed by atoms with Crippen LogP contribution in [0, 0.1) is 11.8 Å². The van der Waals surface area contributed by atoms with Crippen LogP contribution in [0.25, 0.3) is 0 Å². The molecule has 1 heterocycles. The topological polar surface area (TPSA) is 48.1 Å². The molecule has 1 aliphatic carbocycles. The number of hydrogen-bond donors (Lipinski definition) is 0. The highest BCUT2D eigenvalue weighted by molar-refractivity contribution is 5.66. The number of fused-ring (bicyclic) bond motifs is 1. The lowest BCUT2D eigenvalue weighted by atomic mass is 9.84. The molecule has 0 N–H and O–H groups in total. The molecule has 0 unspecified atom stereocenters. The molecule has 0 aromatic heterocycles. The monoisotopic (exact) mass is 378 g/mol. The predicted molar refractivity (Wildman–Crippen MR) is 109 cm³/mol. The van der Waals surface area contributed by atoms with Crippen molar-refractivity contribution in [1.29, 1.82) is 0 Å². The van der Waals surface area contributed by atoms with E-state index in [1.54, 1.807) is 7.11 Å². The average Bonchev–Trinajstić information content (AvgIpc) is 3.21. The Bertz CT molecular complexity index is 579. The Hall–Kier alpha value is -1.13. The van der Waals surface area contributed by atoms with Crippen LogP contribution in [-0.4, -0.2) is 36.5 Å². The van der Waals surface area contributed by atoms with Crippen LogP contribution in [0.3, 0.4) is 0 Å². The smallest absolute Gasteiger partial charge is 0.303 e. The summed E-state index contributed by atoms with van der Waals surface area (Å²) in [5, 5.41) is 0. The number of rotatable bonds is 3. The van der Waals surface area contributed by atoms with Gasteiger partial charge in [-0.15, -0.1) is 0 Å². The fraction of sp³-hybridized carbons (Fsp3) is 0.783. The van der Waals surface area contributed by atoms with E-state index >= 15 is 0 Å². The predicted octanol–water partition coefficient (Wildman–Crippen LogP) is 5.22. The lowest BCUT2D eigenvalue weighted by molar-refractivity contribution is -0.146.